The highest BCUT2D eigenvalue weighted by atomic mass is 35.5. The summed E-state index contributed by atoms with van der Waals surface area (Å²) in [4.78, 5) is 0. The van der Waals surface area contributed by atoms with Gasteiger partial charge in [0.15, 0.2) is 0 Å². The molecule has 0 aromatic heterocycles. The first-order chi connectivity index (χ1) is 10.9. The van der Waals surface area contributed by atoms with Crippen LogP contribution < -0.4 is 10.1 Å². The molecule has 1 atom stereocenters. The summed E-state index contributed by atoms with van der Waals surface area (Å²) >= 11 is 23.6. The Morgan fingerprint density at radius 3 is 2.30 bits per heavy atom. The predicted molar refractivity (Wildman–Crippen MR) is 96.1 cm³/mol. The van der Waals surface area contributed by atoms with Gasteiger partial charge < -0.3 is 15.2 Å². The van der Waals surface area contributed by atoms with Crippen molar-refractivity contribution >= 4 is 46.4 Å². The van der Waals surface area contributed by atoms with E-state index in [9.17, 15) is 5.11 Å². The topological polar surface area (TPSA) is 41.5 Å². The van der Waals surface area contributed by atoms with E-state index in [1.165, 1.54) is 0 Å². The van der Waals surface area contributed by atoms with Gasteiger partial charge in [0.1, 0.15) is 18.5 Å². The Bertz CT molecular complexity index is 646. The number of ether oxygens (including phenoxy) is 1. The third-order valence-corrected chi connectivity index (χ3v) is 4.14. The molecule has 2 aromatic carbocycles. The molecule has 0 aliphatic carbocycles. The highest BCUT2D eigenvalue weighted by Gasteiger charge is 2.07. The lowest BCUT2D eigenvalue weighted by atomic mass is 10.2. The Morgan fingerprint density at radius 1 is 0.957 bits per heavy atom. The van der Waals surface area contributed by atoms with Crippen molar-refractivity contribution in [2.24, 2.45) is 0 Å². The molecule has 2 N–H and O–H groups in total. The fourth-order valence-corrected chi connectivity index (χ4v) is 2.77. The van der Waals surface area contributed by atoms with Crippen molar-refractivity contribution < 1.29 is 9.84 Å². The van der Waals surface area contributed by atoms with Crippen molar-refractivity contribution in [3.8, 4) is 5.75 Å². The van der Waals surface area contributed by atoms with Crippen LogP contribution >= 0.6 is 46.4 Å². The van der Waals surface area contributed by atoms with Gasteiger partial charge in [-0.25, -0.2) is 0 Å². The molecule has 0 amide bonds. The molecule has 0 aliphatic heterocycles. The Kier molecular flexibility index (Phi) is 7.28. The molecule has 124 valence electrons. The van der Waals surface area contributed by atoms with Gasteiger partial charge in [-0.15, -0.1) is 0 Å². The zero-order valence-electron chi connectivity index (χ0n) is 12.0. The molecule has 0 saturated heterocycles. The first kappa shape index (κ1) is 18.7. The third-order valence-electron chi connectivity index (χ3n) is 2.96. The van der Waals surface area contributed by atoms with E-state index in [0.29, 0.717) is 38.9 Å². The second-order valence-corrected chi connectivity index (χ2v) is 6.64. The van der Waals surface area contributed by atoms with E-state index < -0.39 is 6.10 Å². The molecular weight excluding hydrogens is 380 g/mol. The molecule has 0 bridgehead atoms. The van der Waals surface area contributed by atoms with E-state index in [-0.39, 0.29) is 6.61 Å². The summed E-state index contributed by atoms with van der Waals surface area (Å²) in [6.07, 6.45) is -0.667. The van der Waals surface area contributed by atoms with Gasteiger partial charge >= 0.3 is 0 Å². The number of rotatable bonds is 7. The van der Waals surface area contributed by atoms with E-state index in [0.717, 1.165) is 5.56 Å². The zero-order valence-corrected chi connectivity index (χ0v) is 15.1. The minimum atomic E-state index is -0.667. The van der Waals surface area contributed by atoms with Crippen LogP contribution in [-0.4, -0.2) is 24.4 Å². The van der Waals surface area contributed by atoms with Crippen LogP contribution in [0, 0.1) is 0 Å². The Labute approximate surface area is 155 Å². The molecule has 3 nitrogen and oxygen atoms in total. The number of hydrogen-bond acceptors (Lipinski definition) is 3. The average Bonchev–Trinajstić information content (AvgIpc) is 2.47. The lowest BCUT2D eigenvalue weighted by Gasteiger charge is -2.14. The summed E-state index contributed by atoms with van der Waals surface area (Å²) in [5.41, 5.74) is 0.945. The molecule has 0 spiro atoms. The molecular formula is C16H15Cl4NO2. The van der Waals surface area contributed by atoms with Crippen molar-refractivity contribution in [3.05, 3.63) is 62.1 Å². The molecule has 2 rings (SSSR count). The van der Waals surface area contributed by atoms with Gasteiger partial charge in [-0.05, 0) is 35.9 Å². The van der Waals surface area contributed by atoms with E-state index in [1.807, 2.05) is 12.1 Å². The molecule has 0 aliphatic rings. The first-order valence-electron chi connectivity index (χ1n) is 6.85. The number of benzene rings is 2. The lowest BCUT2D eigenvalue weighted by molar-refractivity contribution is 0.106. The van der Waals surface area contributed by atoms with Crippen LogP contribution in [0.15, 0.2) is 36.4 Å². The monoisotopic (exact) mass is 393 g/mol. The van der Waals surface area contributed by atoms with Gasteiger partial charge in [0.25, 0.3) is 0 Å². The maximum Gasteiger partial charge on any atom is 0.121 e. The molecule has 7 heteroatoms. The van der Waals surface area contributed by atoms with Crippen LogP contribution in [0.3, 0.4) is 0 Å². The molecule has 0 radical (unpaired) electrons. The number of halogens is 4. The van der Waals surface area contributed by atoms with Crippen molar-refractivity contribution in [2.45, 2.75) is 12.6 Å². The summed E-state index contributed by atoms with van der Waals surface area (Å²) < 4.78 is 5.47. The van der Waals surface area contributed by atoms with Crippen LogP contribution in [0.5, 0.6) is 5.75 Å². The molecule has 2 aromatic rings. The largest absolute Gasteiger partial charge is 0.491 e. The zero-order chi connectivity index (χ0) is 16.8. The van der Waals surface area contributed by atoms with Crippen LogP contribution in [0.25, 0.3) is 0 Å². The highest BCUT2D eigenvalue weighted by molar-refractivity contribution is 6.42. The Hall–Kier alpha value is -0.680. The fourth-order valence-electron chi connectivity index (χ4n) is 1.91. The van der Waals surface area contributed by atoms with Gasteiger partial charge in [-0.2, -0.15) is 0 Å². The minimum Gasteiger partial charge on any atom is -0.491 e. The standard InChI is InChI=1S/C16H15Cl4NO2/c17-11-3-10(4-12(18)5-11)7-21-8-13(22)9-23-14-1-2-15(19)16(20)6-14/h1-6,13,21-22H,7-9H2/t13-/m0/s1. The molecule has 0 unspecified atom stereocenters. The summed E-state index contributed by atoms with van der Waals surface area (Å²) in [5, 5.41) is 15.1. The highest BCUT2D eigenvalue weighted by Crippen LogP contribution is 2.26. The summed E-state index contributed by atoms with van der Waals surface area (Å²) in [6, 6.07) is 10.3. The van der Waals surface area contributed by atoms with E-state index >= 15 is 0 Å². The summed E-state index contributed by atoms with van der Waals surface area (Å²) in [7, 11) is 0. The number of nitrogens with one attached hydrogen (secondary N) is 1. The lowest BCUT2D eigenvalue weighted by Crippen LogP contribution is -2.31. The van der Waals surface area contributed by atoms with Crippen LogP contribution in [0.1, 0.15) is 5.56 Å². The van der Waals surface area contributed by atoms with Crippen molar-refractivity contribution in [1.82, 2.24) is 5.32 Å². The van der Waals surface area contributed by atoms with Crippen molar-refractivity contribution in [3.63, 3.8) is 0 Å². The molecule has 0 saturated carbocycles. The van der Waals surface area contributed by atoms with Crippen LogP contribution in [-0.2, 0) is 6.54 Å². The third kappa shape index (κ3) is 6.38. The van der Waals surface area contributed by atoms with Crippen LogP contribution in [0.4, 0.5) is 0 Å². The number of aliphatic hydroxyl groups excluding tert-OH is 1. The SMILES string of the molecule is O[C@@H](CNCc1cc(Cl)cc(Cl)c1)COc1ccc(Cl)c(Cl)c1. The second kappa shape index (κ2) is 8.97. The van der Waals surface area contributed by atoms with Gasteiger partial charge in [-0.3, -0.25) is 0 Å². The van der Waals surface area contributed by atoms with Crippen molar-refractivity contribution in [2.75, 3.05) is 13.2 Å². The quantitative estimate of drug-likeness (QED) is 0.706. The normalized spacial score (nSPS) is 12.2. The van der Waals surface area contributed by atoms with Crippen molar-refractivity contribution in [1.29, 1.82) is 0 Å². The number of hydrogen-bond donors (Lipinski definition) is 2. The Morgan fingerprint density at radius 2 is 1.65 bits per heavy atom. The van der Waals surface area contributed by atoms with E-state index in [1.54, 1.807) is 24.3 Å². The van der Waals surface area contributed by atoms with Gasteiger partial charge in [-0.1, -0.05) is 46.4 Å². The number of aliphatic hydroxyl groups is 1. The van der Waals surface area contributed by atoms with E-state index in [2.05, 4.69) is 5.32 Å². The average molecular weight is 395 g/mol. The van der Waals surface area contributed by atoms with Gasteiger partial charge in [0.05, 0.1) is 10.0 Å². The first-order valence-corrected chi connectivity index (χ1v) is 8.37. The van der Waals surface area contributed by atoms with E-state index in [4.69, 9.17) is 51.1 Å². The molecule has 23 heavy (non-hydrogen) atoms. The smallest absolute Gasteiger partial charge is 0.121 e. The maximum absolute atomic E-state index is 9.92. The Balaban J connectivity index is 1.74. The summed E-state index contributed by atoms with van der Waals surface area (Å²) in [5.74, 6) is 0.556. The molecule has 0 heterocycles. The predicted octanol–water partition coefficient (Wildman–Crippen LogP) is 4.83. The molecule has 0 fully saturated rings. The second-order valence-electron chi connectivity index (χ2n) is 4.95. The van der Waals surface area contributed by atoms with Gasteiger partial charge in [0.2, 0.25) is 0 Å². The van der Waals surface area contributed by atoms with Gasteiger partial charge in [0, 0.05) is 29.2 Å². The fraction of sp³-hybridized carbons (Fsp3) is 0.250. The summed E-state index contributed by atoms with van der Waals surface area (Å²) in [6.45, 7) is 1.05. The van der Waals surface area contributed by atoms with Crippen LogP contribution in [0.2, 0.25) is 20.1 Å². The maximum atomic E-state index is 9.92. The minimum absolute atomic E-state index is 0.140.